The zero-order chi connectivity index (χ0) is 28.1. The number of thioether (sulfide) groups is 2. The Hall–Kier alpha value is -3.83. The Balaban J connectivity index is 1.32. The van der Waals surface area contributed by atoms with Crippen molar-refractivity contribution in [3.8, 4) is 11.5 Å². The van der Waals surface area contributed by atoms with Crippen LogP contribution in [0.15, 0.2) is 43.9 Å². The first kappa shape index (κ1) is 26.8. The molecular formula is C22H21N7O7S3. The Labute approximate surface area is 232 Å². The molecule has 39 heavy (non-hydrogen) atoms. The van der Waals surface area contributed by atoms with Gasteiger partial charge in [-0.25, -0.2) is 19.8 Å². The molecule has 1 aromatic carbocycles. The summed E-state index contributed by atoms with van der Waals surface area (Å²) >= 11 is 3.67. The molecule has 0 saturated carbocycles. The lowest BCUT2D eigenvalue weighted by atomic mass is 10.0. The Morgan fingerprint density at radius 2 is 1.97 bits per heavy atom. The van der Waals surface area contributed by atoms with Crippen LogP contribution in [0.2, 0.25) is 0 Å². The number of aromatic hydroxyl groups is 2. The fourth-order valence-corrected chi connectivity index (χ4v) is 7.23. The number of thiazole rings is 1. The number of nitrogens with one attached hydrogen (secondary N) is 1. The minimum absolute atomic E-state index is 0.144. The molecule has 3 aliphatic heterocycles. The molecule has 1 aromatic heterocycles. The highest BCUT2D eigenvalue weighted by Gasteiger charge is 2.54. The van der Waals surface area contributed by atoms with Gasteiger partial charge in [0.25, 0.3) is 11.8 Å². The number of rotatable bonds is 8. The highest BCUT2D eigenvalue weighted by atomic mass is 32.2. The number of carboxylic acids is 1. The number of carboxylic acid groups (broad SMARTS) is 1. The van der Waals surface area contributed by atoms with Crippen LogP contribution < -0.4 is 21.8 Å². The molecule has 0 aliphatic carbocycles. The molecule has 17 heteroatoms. The first-order valence-corrected chi connectivity index (χ1v) is 14.1. The quantitative estimate of drug-likeness (QED) is 0.115. The minimum Gasteiger partial charge on any atom is -0.504 e. The van der Waals surface area contributed by atoms with Crippen molar-refractivity contribution in [2.75, 3.05) is 24.3 Å². The second kappa shape index (κ2) is 10.0. The summed E-state index contributed by atoms with van der Waals surface area (Å²) in [5.74, 6) is -2.69. The van der Waals surface area contributed by atoms with E-state index < -0.39 is 34.2 Å². The molecule has 0 unspecified atom stereocenters. The Bertz CT molecular complexity index is 1550. The number of benzene rings is 1. The molecule has 1 fully saturated rings. The average molecular weight is 592 g/mol. The topological polar surface area (TPSA) is 212 Å². The second-order valence-electron chi connectivity index (χ2n) is 8.59. The number of fused-ring (bicyclic) bond motifs is 2. The van der Waals surface area contributed by atoms with Gasteiger partial charge in [0, 0.05) is 29.0 Å². The number of oxime groups is 1. The summed E-state index contributed by atoms with van der Waals surface area (Å²) in [6, 6.07) is 1.64. The van der Waals surface area contributed by atoms with E-state index in [1.54, 1.807) is 6.92 Å². The summed E-state index contributed by atoms with van der Waals surface area (Å²) in [6.45, 7) is 1.72. The summed E-state index contributed by atoms with van der Waals surface area (Å²) < 4.78 is 0. The number of nitrogens with two attached hydrogens (primary N) is 1. The smallest absolute Gasteiger partial charge is 0.352 e. The molecule has 0 bridgehead atoms. The van der Waals surface area contributed by atoms with Crippen molar-refractivity contribution >= 4 is 63.5 Å². The number of β-lactam (4-membered cyclic amide) rings is 1. The number of phenols is 2. The predicted octanol–water partition coefficient (Wildman–Crippen LogP) is -0.414. The van der Waals surface area contributed by atoms with Gasteiger partial charge in [-0.1, -0.05) is 5.16 Å². The molecule has 2 amide bonds. The monoisotopic (exact) mass is 591 g/mol. The van der Waals surface area contributed by atoms with Crippen LogP contribution in [0, 0.1) is 0 Å². The van der Waals surface area contributed by atoms with Gasteiger partial charge in [0.2, 0.25) is 0 Å². The van der Waals surface area contributed by atoms with Crippen LogP contribution in [-0.2, 0) is 19.2 Å². The van der Waals surface area contributed by atoms with Gasteiger partial charge in [-0.15, -0.1) is 34.9 Å². The van der Waals surface area contributed by atoms with E-state index in [1.807, 2.05) is 0 Å². The number of carbonyl (C=O) groups is 3. The van der Waals surface area contributed by atoms with Crippen molar-refractivity contribution in [1.82, 2.24) is 15.2 Å². The number of anilines is 1. The molecule has 2 atom stereocenters. The Kier molecular flexibility index (Phi) is 6.90. The fraction of sp³-hybridized carbons (Fsp3) is 0.318. The van der Waals surface area contributed by atoms with Gasteiger partial charge in [0.05, 0.1) is 10.7 Å². The molecule has 2 aromatic rings. The molecule has 6 N–H and O–H groups in total. The Morgan fingerprint density at radius 3 is 2.54 bits per heavy atom. The number of carbonyl (C=O) groups excluding carboxylic acids is 2. The van der Waals surface area contributed by atoms with E-state index in [0.29, 0.717) is 22.0 Å². The van der Waals surface area contributed by atoms with Crippen molar-refractivity contribution in [2.45, 2.75) is 23.3 Å². The molecule has 0 radical (unpaired) electrons. The third-order valence-corrected chi connectivity index (χ3v) is 9.18. The molecule has 3 aliphatic rings. The average Bonchev–Trinajstić information content (AvgIpc) is 3.46. The maximum atomic E-state index is 13.1. The summed E-state index contributed by atoms with van der Waals surface area (Å²) in [5.41, 5.74) is 6.02. The molecule has 4 heterocycles. The molecule has 5 rings (SSSR count). The second-order valence-corrected chi connectivity index (χ2v) is 11.9. The summed E-state index contributed by atoms with van der Waals surface area (Å²) in [4.78, 5) is 56.1. The first-order chi connectivity index (χ1) is 18.5. The van der Waals surface area contributed by atoms with Crippen LogP contribution >= 0.6 is 34.9 Å². The van der Waals surface area contributed by atoms with E-state index in [2.05, 4.69) is 25.4 Å². The molecule has 1 saturated heterocycles. The van der Waals surface area contributed by atoms with Gasteiger partial charge >= 0.3 is 5.97 Å². The van der Waals surface area contributed by atoms with Gasteiger partial charge in [-0.2, -0.15) is 0 Å². The summed E-state index contributed by atoms with van der Waals surface area (Å²) in [5, 5.41) is 37.7. The van der Waals surface area contributed by atoms with Crippen molar-refractivity contribution in [3.05, 3.63) is 45.2 Å². The lowest BCUT2D eigenvalue weighted by Crippen LogP contribution is -2.71. The largest absolute Gasteiger partial charge is 0.504 e. The maximum Gasteiger partial charge on any atom is 0.352 e. The number of aliphatic carboxylic acids is 1. The lowest BCUT2D eigenvalue weighted by molar-refractivity contribution is -0.150. The number of phenolic OH excluding ortho intramolecular Hbond substituents is 2. The van der Waals surface area contributed by atoms with Crippen LogP contribution in [0.5, 0.6) is 11.5 Å². The van der Waals surface area contributed by atoms with Crippen molar-refractivity contribution in [3.63, 3.8) is 0 Å². The number of amides is 2. The van der Waals surface area contributed by atoms with E-state index in [1.165, 1.54) is 53.0 Å². The van der Waals surface area contributed by atoms with Gasteiger partial charge < -0.3 is 31.2 Å². The van der Waals surface area contributed by atoms with E-state index in [4.69, 9.17) is 10.6 Å². The van der Waals surface area contributed by atoms with Crippen LogP contribution in [0.25, 0.3) is 0 Å². The highest BCUT2D eigenvalue weighted by molar-refractivity contribution is 8.01. The summed E-state index contributed by atoms with van der Waals surface area (Å²) in [6.07, 6.45) is 0. The number of nitrogens with zero attached hydrogens (tertiary/aromatic N) is 5. The standard InChI is InChI=1S/C22H21N7O7S3/c1-22(26-9-3-12(30)13(31)4-10(9)27-22)39-6-8-5-37-19-15(18(33)29(19)16(8)20(34)35)25-17(32)14(28-36-2)11-7-38-21(23)24-11/h3-4,7,15,19,30-31H,5-6H2,1-2H3,(H2,23,24)(H,25,32)(H,34,35)/t15-,19-/m1/s1. The van der Waals surface area contributed by atoms with E-state index in [-0.39, 0.29) is 39.5 Å². The number of aromatic nitrogens is 1. The van der Waals surface area contributed by atoms with Crippen LogP contribution in [0.4, 0.5) is 5.13 Å². The molecule has 204 valence electrons. The third-order valence-electron chi connectivity index (χ3n) is 5.95. The van der Waals surface area contributed by atoms with Crippen molar-refractivity contribution in [2.24, 2.45) is 15.1 Å². The first-order valence-electron chi connectivity index (χ1n) is 11.2. The Morgan fingerprint density at radius 1 is 1.31 bits per heavy atom. The minimum atomic E-state index is -1.27. The fourth-order valence-electron chi connectivity index (χ4n) is 4.19. The highest BCUT2D eigenvalue weighted by Crippen LogP contribution is 2.42. The van der Waals surface area contributed by atoms with Crippen molar-refractivity contribution < 1.29 is 34.5 Å². The molecule has 0 spiro atoms. The van der Waals surface area contributed by atoms with Crippen LogP contribution in [0.3, 0.4) is 0 Å². The van der Waals surface area contributed by atoms with E-state index >= 15 is 0 Å². The third kappa shape index (κ3) is 4.87. The number of hydrogen-bond donors (Lipinski definition) is 5. The van der Waals surface area contributed by atoms with Gasteiger partial charge in [0.1, 0.15) is 29.9 Å². The van der Waals surface area contributed by atoms with Crippen LogP contribution in [0.1, 0.15) is 12.6 Å². The SMILES string of the molecule is CON=C(C(=O)N[C@@H]1C(=O)N2C(C(=O)O)=C(CSC3(C)N=c4cc(O)c(O)cc4=N3)CS[C@H]12)c1csc(N)n1. The van der Waals surface area contributed by atoms with Gasteiger partial charge in [-0.3, -0.25) is 14.5 Å². The van der Waals surface area contributed by atoms with Crippen molar-refractivity contribution in [1.29, 1.82) is 0 Å². The van der Waals surface area contributed by atoms with Gasteiger partial charge in [-0.05, 0) is 12.5 Å². The van der Waals surface area contributed by atoms with E-state index in [9.17, 15) is 29.7 Å². The van der Waals surface area contributed by atoms with Gasteiger partial charge in [0.15, 0.2) is 27.3 Å². The molecule has 14 nitrogen and oxygen atoms in total. The lowest BCUT2D eigenvalue weighted by Gasteiger charge is -2.49. The zero-order valence-electron chi connectivity index (χ0n) is 20.3. The summed E-state index contributed by atoms with van der Waals surface area (Å²) in [7, 11) is 1.26. The number of hydrogen-bond acceptors (Lipinski definition) is 14. The molecular weight excluding hydrogens is 570 g/mol. The normalized spacial score (nSPS) is 21.3. The predicted molar refractivity (Wildman–Crippen MR) is 143 cm³/mol. The maximum absolute atomic E-state index is 13.1. The van der Waals surface area contributed by atoms with E-state index in [0.717, 1.165) is 11.3 Å². The van der Waals surface area contributed by atoms with Crippen LogP contribution in [-0.4, -0.2) is 83.7 Å². The number of nitrogen functional groups attached to an aromatic ring is 1. The zero-order valence-corrected chi connectivity index (χ0v) is 22.8.